The van der Waals surface area contributed by atoms with Crippen molar-refractivity contribution in [1.29, 1.82) is 5.41 Å². The molecule has 1 amide bonds. The average molecular weight is 491 g/mol. The molecule has 3 rings (SSSR count). The number of benzene rings is 1. The van der Waals surface area contributed by atoms with Gasteiger partial charge in [-0.3, -0.25) is 19.7 Å². The van der Waals surface area contributed by atoms with Gasteiger partial charge in [-0.25, -0.2) is 9.67 Å². The van der Waals surface area contributed by atoms with Crippen LogP contribution in [-0.2, 0) is 22.8 Å². The Labute approximate surface area is 185 Å². The number of fused-ring (bicyclic) bond motifs is 1. The average Bonchev–Trinajstić information content (AvgIpc) is 3.34. The molecule has 1 aromatic carbocycles. The molecule has 0 atom stereocenters. The summed E-state index contributed by atoms with van der Waals surface area (Å²) in [7, 11) is -2.42. The fourth-order valence-electron chi connectivity index (χ4n) is 2.56. The molecule has 0 unspecified atom stereocenters. The van der Waals surface area contributed by atoms with Crippen LogP contribution in [0.25, 0.3) is 10.9 Å². The minimum Gasteiger partial charge on any atom is -0.489 e. The van der Waals surface area contributed by atoms with Gasteiger partial charge in [0.2, 0.25) is 0 Å². The van der Waals surface area contributed by atoms with Gasteiger partial charge < -0.3 is 15.5 Å². The van der Waals surface area contributed by atoms with Gasteiger partial charge in [0, 0.05) is 12.4 Å². The van der Waals surface area contributed by atoms with Gasteiger partial charge in [0.25, 0.3) is 16.0 Å². The maximum absolute atomic E-state index is 13.4. The zero-order chi connectivity index (χ0) is 25.0. The summed E-state index contributed by atoms with van der Waals surface area (Å²) in [6.45, 7) is 0.460. The predicted octanol–water partition coefficient (Wildman–Crippen LogP) is 1.33. The molecule has 3 aromatic rings. The van der Waals surface area contributed by atoms with Crippen molar-refractivity contribution in [3.63, 3.8) is 0 Å². The van der Waals surface area contributed by atoms with Gasteiger partial charge in [-0.15, -0.1) is 0 Å². The smallest absolute Gasteiger partial charge is 0.417 e. The molecule has 180 valence electrons. The van der Waals surface area contributed by atoms with Crippen molar-refractivity contribution in [1.82, 2.24) is 24.6 Å². The third kappa shape index (κ3) is 7.18. The highest BCUT2D eigenvalue weighted by molar-refractivity contribution is 7.85. The van der Waals surface area contributed by atoms with E-state index >= 15 is 0 Å². The SMILES string of the molecule is CN(C(=N)N)C(=O)c1cc2c(C(F)(F)F)ccc(OCCn3cncn3)c2[nH]1.CS(=O)(=O)O. The number of hydrogen-bond donors (Lipinski definition) is 4. The fourth-order valence-corrected chi connectivity index (χ4v) is 2.56. The van der Waals surface area contributed by atoms with Crippen LogP contribution in [0, 0.1) is 5.41 Å². The first-order valence-electron chi connectivity index (χ1n) is 8.91. The highest BCUT2D eigenvalue weighted by Gasteiger charge is 2.34. The second kappa shape index (κ2) is 9.86. The van der Waals surface area contributed by atoms with Crippen molar-refractivity contribution in [3.8, 4) is 5.75 Å². The van der Waals surface area contributed by atoms with E-state index in [1.54, 1.807) is 0 Å². The van der Waals surface area contributed by atoms with Crippen LogP contribution in [0.5, 0.6) is 5.75 Å². The fraction of sp³-hybridized carbons (Fsp3) is 0.294. The number of rotatable bonds is 5. The van der Waals surface area contributed by atoms with Gasteiger partial charge in [0.15, 0.2) is 5.96 Å². The first kappa shape index (κ1) is 25.6. The van der Waals surface area contributed by atoms with Crippen LogP contribution in [-0.4, -0.2) is 69.4 Å². The zero-order valence-electron chi connectivity index (χ0n) is 17.3. The quantitative estimate of drug-likeness (QED) is 0.234. The summed E-state index contributed by atoms with van der Waals surface area (Å²) in [5, 5.41) is 11.0. The van der Waals surface area contributed by atoms with E-state index in [2.05, 4.69) is 15.1 Å². The largest absolute Gasteiger partial charge is 0.489 e. The predicted molar refractivity (Wildman–Crippen MR) is 110 cm³/mol. The lowest BCUT2D eigenvalue weighted by atomic mass is 10.1. The Kier molecular flexibility index (Phi) is 7.65. The highest BCUT2D eigenvalue weighted by Crippen LogP contribution is 2.38. The number of halogens is 3. The van der Waals surface area contributed by atoms with E-state index in [0.29, 0.717) is 12.8 Å². The number of nitrogens with zero attached hydrogens (tertiary/aromatic N) is 4. The van der Waals surface area contributed by atoms with Gasteiger partial charge >= 0.3 is 6.18 Å². The molecular formula is C17H20F3N7O5S. The highest BCUT2D eigenvalue weighted by atomic mass is 32.2. The number of amides is 1. The summed E-state index contributed by atoms with van der Waals surface area (Å²) in [4.78, 5) is 19.6. The van der Waals surface area contributed by atoms with Crippen molar-refractivity contribution in [2.45, 2.75) is 12.7 Å². The Morgan fingerprint density at radius 3 is 2.55 bits per heavy atom. The molecule has 0 saturated carbocycles. The van der Waals surface area contributed by atoms with E-state index in [9.17, 15) is 26.4 Å². The Morgan fingerprint density at radius 2 is 2.03 bits per heavy atom. The molecule has 0 bridgehead atoms. The molecule has 2 heterocycles. The summed E-state index contributed by atoms with van der Waals surface area (Å²) in [5.74, 6) is -1.14. The van der Waals surface area contributed by atoms with Gasteiger partial charge in [-0.05, 0) is 18.2 Å². The number of guanidine groups is 1. The molecule has 0 saturated heterocycles. The third-order valence-electron chi connectivity index (χ3n) is 4.00. The number of H-pyrrole nitrogens is 1. The molecule has 33 heavy (non-hydrogen) atoms. The Balaban J connectivity index is 0.000000696. The lowest BCUT2D eigenvalue weighted by molar-refractivity contribution is -0.136. The van der Waals surface area contributed by atoms with Crippen LogP contribution in [0.2, 0.25) is 0 Å². The van der Waals surface area contributed by atoms with E-state index in [0.717, 1.165) is 17.0 Å². The van der Waals surface area contributed by atoms with Crippen molar-refractivity contribution >= 4 is 32.9 Å². The molecule has 0 aliphatic heterocycles. The molecule has 0 aliphatic carbocycles. The number of alkyl halides is 3. The second-order valence-electron chi connectivity index (χ2n) is 6.57. The number of aromatic nitrogens is 4. The number of carbonyl (C=O) groups excluding carboxylic acids is 1. The minimum absolute atomic E-state index is 0.0220. The van der Waals surface area contributed by atoms with Crippen molar-refractivity contribution in [3.05, 3.63) is 42.1 Å². The van der Waals surface area contributed by atoms with Crippen molar-refractivity contribution in [2.24, 2.45) is 5.73 Å². The van der Waals surface area contributed by atoms with Crippen molar-refractivity contribution in [2.75, 3.05) is 19.9 Å². The Morgan fingerprint density at radius 1 is 1.39 bits per heavy atom. The van der Waals surface area contributed by atoms with E-state index in [1.807, 2.05) is 0 Å². The minimum atomic E-state index is -4.62. The van der Waals surface area contributed by atoms with E-state index in [4.69, 9.17) is 20.4 Å². The molecule has 0 radical (unpaired) electrons. The maximum atomic E-state index is 13.4. The summed E-state index contributed by atoms with van der Waals surface area (Å²) in [5.41, 5.74) is 4.23. The maximum Gasteiger partial charge on any atom is 0.417 e. The molecule has 12 nitrogen and oxygen atoms in total. The first-order valence-corrected chi connectivity index (χ1v) is 10.8. The lowest BCUT2D eigenvalue weighted by Crippen LogP contribution is -2.38. The van der Waals surface area contributed by atoms with E-state index < -0.39 is 33.7 Å². The number of nitrogens with two attached hydrogens (primary N) is 1. The zero-order valence-corrected chi connectivity index (χ0v) is 18.1. The molecule has 0 spiro atoms. The second-order valence-corrected chi connectivity index (χ2v) is 8.04. The first-order chi connectivity index (χ1) is 15.2. The number of hydrogen-bond acceptors (Lipinski definition) is 7. The van der Waals surface area contributed by atoms with Crippen LogP contribution in [0.4, 0.5) is 13.2 Å². The van der Waals surface area contributed by atoms with Crippen LogP contribution in [0.1, 0.15) is 16.1 Å². The Hall–Kier alpha value is -3.66. The normalized spacial score (nSPS) is 11.6. The number of carbonyl (C=O) groups is 1. The van der Waals surface area contributed by atoms with E-state index in [-0.39, 0.29) is 29.0 Å². The number of nitrogens with one attached hydrogen (secondary N) is 2. The van der Waals surface area contributed by atoms with Gasteiger partial charge in [0.05, 0.1) is 23.9 Å². The summed E-state index contributed by atoms with van der Waals surface area (Å²) in [6, 6.07) is 3.15. The third-order valence-corrected chi connectivity index (χ3v) is 4.00. The Bertz CT molecular complexity index is 1230. The molecule has 5 N–H and O–H groups in total. The number of ether oxygens (including phenoxy) is 1. The topological polar surface area (TPSA) is 180 Å². The van der Waals surface area contributed by atoms with Crippen LogP contribution in [0.3, 0.4) is 0 Å². The van der Waals surface area contributed by atoms with E-state index in [1.165, 1.54) is 30.5 Å². The number of aromatic amines is 1. The van der Waals surface area contributed by atoms with Crippen LogP contribution < -0.4 is 10.5 Å². The lowest BCUT2D eigenvalue weighted by Gasteiger charge is -2.13. The van der Waals surface area contributed by atoms with Gasteiger partial charge in [0.1, 0.15) is 30.7 Å². The van der Waals surface area contributed by atoms with Crippen LogP contribution in [0.15, 0.2) is 30.9 Å². The van der Waals surface area contributed by atoms with Gasteiger partial charge in [-0.2, -0.15) is 26.7 Å². The summed E-state index contributed by atoms with van der Waals surface area (Å²) < 4.78 is 73.0. The molecular weight excluding hydrogens is 471 g/mol. The monoisotopic (exact) mass is 491 g/mol. The van der Waals surface area contributed by atoms with Crippen molar-refractivity contribution < 1.29 is 35.7 Å². The molecule has 16 heteroatoms. The molecule has 2 aromatic heterocycles. The van der Waals surface area contributed by atoms with Gasteiger partial charge in [-0.1, -0.05) is 0 Å². The summed E-state index contributed by atoms with van der Waals surface area (Å²) in [6.07, 6.45) is -1.07. The standard InChI is InChI=1S/C16H16F3N7O2.CH4O3S/c1-25(15(20)21)14(27)11-6-9-10(16(17,18)19)2-3-12(13(9)24-11)28-5-4-26-8-22-7-23-26;1-5(2,3)4/h2-3,6-8,24H,4-5H2,1H3,(H3,20,21);1H3,(H,2,3,4). The molecule has 0 fully saturated rings. The molecule has 0 aliphatic rings. The summed E-state index contributed by atoms with van der Waals surface area (Å²) >= 11 is 0. The van der Waals surface area contributed by atoms with Crippen LogP contribution >= 0.6 is 0 Å².